The van der Waals surface area contributed by atoms with E-state index in [9.17, 15) is 13.2 Å². The number of hydrogen-bond acceptors (Lipinski definition) is 5. The Bertz CT molecular complexity index is 746. The van der Waals surface area contributed by atoms with Gasteiger partial charge in [0.15, 0.2) is 0 Å². The van der Waals surface area contributed by atoms with E-state index in [-0.39, 0.29) is 5.91 Å². The van der Waals surface area contributed by atoms with Crippen molar-refractivity contribution in [3.63, 3.8) is 0 Å². The standard InChI is InChI=1S/C15H18N4O3S/c1-23(21,22)19-13-6-4-12(5-7-13)3-2-8-18-15(20)14-11-16-9-10-17-14/h4-7,9-11,19H,2-3,8H2,1H3,(H,18,20). The van der Waals surface area contributed by atoms with E-state index in [4.69, 9.17) is 0 Å². The van der Waals surface area contributed by atoms with Gasteiger partial charge in [-0.25, -0.2) is 13.4 Å². The molecule has 1 heterocycles. The van der Waals surface area contributed by atoms with Gasteiger partial charge in [0.25, 0.3) is 5.91 Å². The second-order valence-corrected chi connectivity index (χ2v) is 6.77. The Balaban J connectivity index is 1.75. The van der Waals surface area contributed by atoms with Gasteiger partial charge in [0, 0.05) is 24.6 Å². The molecule has 1 aromatic heterocycles. The van der Waals surface area contributed by atoms with Gasteiger partial charge in [-0.2, -0.15) is 0 Å². The molecule has 0 aliphatic heterocycles. The summed E-state index contributed by atoms with van der Waals surface area (Å²) in [6.07, 6.45) is 7.06. The first-order chi connectivity index (χ1) is 10.9. The van der Waals surface area contributed by atoms with E-state index in [0.29, 0.717) is 17.9 Å². The Morgan fingerprint density at radius 3 is 2.52 bits per heavy atom. The van der Waals surface area contributed by atoms with Crippen LogP contribution >= 0.6 is 0 Å². The molecule has 0 unspecified atom stereocenters. The summed E-state index contributed by atoms with van der Waals surface area (Å²) in [5.41, 5.74) is 1.90. The molecular formula is C15H18N4O3S. The Kier molecular flexibility index (Phi) is 5.64. The molecule has 0 aliphatic carbocycles. The highest BCUT2D eigenvalue weighted by molar-refractivity contribution is 7.92. The van der Waals surface area contributed by atoms with E-state index < -0.39 is 10.0 Å². The Morgan fingerprint density at radius 1 is 1.17 bits per heavy atom. The quantitative estimate of drug-likeness (QED) is 0.741. The summed E-state index contributed by atoms with van der Waals surface area (Å²) in [6.45, 7) is 0.527. The third kappa shape index (κ3) is 6.03. The average molecular weight is 334 g/mol. The number of aryl methyl sites for hydroxylation is 1. The van der Waals surface area contributed by atoms with Crippen molar-refractivity contribution in [3.05, 3.63) is 54.1 Å². The van der Waals surface area contributed by atoms with Crippen LogP contribution in [0.5, 0.6) is 0 Å². The van der Waals surface area contributed by atoms with Crippen LogP contribution in [0.2, 0.25) is 0 Å². The first-order valence-electron chi connectivity index (χ1n) is 7.05. The SMILES string of the molecule is CS(=O)(=O)Nc1ccc(CCCNC(=O)c2cnccn2)cc1. The van der Waals surface area contributed by atoms with Gasteiger partial charge in [0.2, 0.25) is 10.0 Å². The molecule has 2 rings (SSSR count). The number of amides is 1. The normalized spacial score (nSPS) is 11.0. The minimum absolute atomic E-state index is 0.245. The molecule has 0 saturated carbocycles. The van der Waals surface area contributed by atoms with Crippen LogP contribution in [-0.2, 0) is 16.4 Å². The molecule has 0 bridgehead atoms. The maximum Gasteiger partial charge on any atom is 0.271 e. The summed E-state index contributed by atoms with van der Waals surface area (Å²) in [7, 11) is -3.26. The lowest BCUT2D eigenvalue weighted by molar-refractivity contribution is 0.0948. The van der Waals surface area contributed by atoms with Gasteiger partial charge >= 0.3 is 0 Å². The molecule has 8 heteroatoms. The molecule has 2 aromatic rings. The Morgan fingerprint density at radius 2 is 1.91 bits per heavy atom. The summed E-state index contributed by atoms with van der Waals surface area (Å²) in [5, 5.41) is 2.78. The molecule has 0 radical (unpaired) electrons. The topological polar surface area (TPSA) is 101 Å². The summed E-state index contributed by atoms with van der Waals surface area (Å²) < 4.78 is 24.6. The average Bonchev–Trinajstić information content (AvgIpc) is 2.52. The maximum atomic E-state index is 11.8. The molecule has 122 valence electrons. The number of rotatable bonds is 7. The fraction of sp³-hybridized carbons (Fsp3) is 0.267. The van der Waals surface area contributed by atoms with Crippen LogP contribution in [0, 0.1) is 0 Å². The molecule has 7 nitrogen and oxygen atoms in total. The van der Waals surface area contributed by atoms with Crippen LogP contribution in [0.1, 0.15) is 22.5 Å². The monoisotopic (exact) mass is 334 g/mol. The summed E-state index contributed by atoms with van der Waals surface area (Å²) in [4.78, 5) is 19.5. The maximum absolute atomic E-state index is 11.8. The van der Waals surface area contributed by atoms with Gasteiger partial charge < -0.3 is 5.32 Å². The zero-order valence-electron chi connectivity index (χ0n) is 12.7. The molecule has 23 heavy (non-hydrogen) atoms. The van der Waals surface area contributed by atoms with Crippen LogP contribution < -0.4 is 10.0 Å². The minimum Gasteiger partial charge on any atom is -0.351 e. The van der Waals surface area contributed by atoms with Crippen LogP contribution in [0.15, 0.2) is 42.9 Å². The first kappa shape index (κ1) is 16.9. The van der Waals surface area contributed by atoms with Crippen molar-refractivity contribution >= 4 is 21.6 Å². The van der Waals surface area contributed by atoms with Crippen molar-refractivity contribution in [3.8, 4) is 0 Å². The molecule has 0 atom stereocenters. The number of sulfonamides is 1. The minimum atomic E-state index is -3.26. The third-order valence-electron chi connectivity index (χ3n) is 2.98. The fourth-order valence-electron chi connectivity index (χ4n) is 1.95. The van der Waals surface area contributed by atoms with E-state index in [1.54, 1.807) is 12.1 Å². The smallest absolute Gasteiger partial charge is 0.271 e. The summed E-state index contributed by atoms with van der Waals surface area (Å²) in [6, 6.07) is 7.15. The predicted octanol–water partition coefficient (Wildman–Crippen LogP) is 1.21. The highest BCUT2D eigenvalue weighted by atomic mass is 32.2. The number of nitrogens with one attached hydrogen (secondary N) is 2. The molecular weight excluding hydrogens is 316 g/mol. The second-order valence-electron chi connectivity index (χ2n) is 5.02. The van der Waals surface area contributed by atoms with Crippen LogP contribution in [0.4, 0.5) is 5.69 Å². The van der Waals surface area contributed by atoms with E-state index in [1.165, 1.54) is 18.6 Å². The number of aromatic nitrogens is 2. The number of carbonyl (C=O) groups is 1. The highest BCUT2D eigenvalue weighted by Crippen LogP contribution is 2.12. The Hall–Kier alpha value is -2.48. The van der Waals surface area contributed by atoms with Gasteiger partial charge in [-0.3, -0.25) is 14.5 Å². The molecule has 0 fully saturated rings. The van der Waals surface area contributed by atoms with Crippen molar-refractivity contribution in [1.29, 1.82) is 0 Å². The second kappa shape index (κ2) is 7.68. The molecule has 1 aromatic carbocycles. The number of carbonyl (C=O) groups excluding carboxylic acids is 1. The Labute approximate surface area is 135 Å². The largest absolute Gasteiger partial charge is 0.351 e. The van der Waals surface area contributed by atoms with Crippen LogP contribution in [0.3, 0.4) is 0 Å². The van der Waals surface area contributed by atoms with Crippen molar-refractivity contribution in [2.24, 2.45) is 0 Å². The van der Waals surface area contributed by atoms with E-state index in [1.807, 2.05) is 12.1 Å². The molecule has 0 spiro atoms. The van der Waals surface area contributed by atoms with Gasteiger partial charge in [0.05, 0.1) is 12.5 Å². The van der Waals surface area contributed by atoms with E-state index in [2.05, 4.69) is 20.0 Å². The molecule has 2 N–H and O–H groups in total. The van der Waals surface area contributed by atoms with Crippen molar-refractivity contribution in [2.45, 2.75) is 12.8 Å². The third-order valence-corrected chi connectivity index (χ3v) is 3.59. The number of anilines is 1. The number of benzene rings is 1. The zero-order valence-corrected chi connectivity index (χ0v) is 13.5. The van der Waals surface area contributed by atoms with E-state index in [0.717, 1.165) is 24.7 Å². The lowest BCUT2D eigenvalue weighted by Crippen LogP contribution is -2.25. The van der Waals surface area contributed by atoms with Crippen LogP contribution in [0.25, 0.3) is 0 Å². The van der Waals surface area contributed by atoms with Crippen molar-refractivity contribution < 1.29 is 13.2 Å². The van der Waals surface area contributed by atoms with Crippen molar-refractivity contribution in [2.75, 3.05) is 17.5 Å². The number of nitrogens with zero attached hydrogens (tertiary/aromatic N) is 2. The van der Waals surface area contributed by atoms with Gasteiger partial charge in [-0.05, 0) is 30.5 Å². The van der Waals surface area contributed by atoms with Gasteiger partial charge in [0.1, 0.15) is 5.69 Å². The first-order valence-corrected chi connectivity index (χ1v) is 8.94. The lowest BCUT2D eigenvalue weighted by atomic mass is 10.1. The zero-order chi connectivity index (χ0) is 16.7. The molecule has 0 saturated heterocycles. The fourth-order valence-corrected chi connectivity index (χ4v) is 2.52. The highest BCUT2D eigenvalue weighted by Gasteiger charge is 2.05. The van der Waals surface area contributed by atoms with E-state index >= 15 is 0 Å². The van der Waals surface area contributed by atoms with Crippen LogP contribution in [-0.4, -0.2) is 37.1 Å². The summed E-state index contributed by atoms with van der Waals surface area (Å²) in [5.74, 6) is -0.245. The number of hydrogen-bond donors (Lipinski definition) is 2. The molecule has 0 aliphatic rings. The van der Waals surface area contributed by atoms with Crippen molar-refractivity contribution in [1.82, 2.24) is 15.3 Å². The van der Waals surface area contributed by atoms with Gasteiger partial charge in [-0.15, -0.1) is 0 Å². The van der Waals surface area contributed by atoms with Gasteiger partial charge in [-0.1, -0.05) is 12.1 Å². The predicted molar refractivity (Wildman–Crippen MR) is 87.6 cm³/mol. The lowest BCUT2D eigenvalue weighted by Gasteiger charge is -2.06. The molecule has 1 amide bonds. The summed E-state index contributed by atoms with van der Waals surface area (Å²) >= 11 is 0.